The molecule has 0 saturated heterocycles. The topological polar surface area (TPSA) is 34.1 Å². The Balaban J connectivity index is 2.04. The monoisotopic (exact) mass is 272 g/mol. The highest BCUT2D eigenvalue weighted by Crippen LogP contribution is 2.34. The van der Waals surface area contributed by atoms with Crippen LogP contribution in [0.15, 0.2) is 54.6 Å². The number of hydrogen-bond acceptors (Lipinski definition) is 2. The average molecular weight is 272 g/mol. The minimum atomic E-state index is -0.134. The van der Waals surface area contributed by atoms with Gasteiger partial charge in [-0.15, -0.1) is 0 Å². The van der Waals surface area contributed by atoms with Crippen LogP contribution >= 0.6 is 0 Å². The first-order valence-electron chi connectivity index (χ1n) is 6.93. The molecule has 0 heterocycles. The van der Waals surface area contributed by atoms with Gasteiger partial charge in [0.2, 0.25) is 0 Å². The maximum Gasteiger partial charge on any atom is 0.186 e. The molecular formula is C19H12O2. The molecule has 2 aromatic rings. The molecule has 0 spiro atoms. The first kappa shape index (κ1) is 12.0. The summed E-state index contributed by atoms with van der Waals surface area (Å²) in [6, 6.07) is 10.2. The van der Waals surface area contributed by atoms with Crippen molar-refractivity contribution in [1.82, 2.24) is 0 Å². The van der Waals surface area contributed by atoms with Gasteiger partial charge in [0.25, 0.3) is 0 Å². The third-order valence-electron chi connectivity index (χ3n) is 4.04. The summed E-state index contributed by atoms with van der Waals surface area (Å²) in [4.78, 5) is 23.7. The van der Waals surface area contributed by atoms with Gasteiger partial charge < -0.3 is 0 Å². The highest BCUT2D eigenvalue weighted by Gasteiger charge is 2.20. The summed E-state index contributed by atoms with van der Waals surface area (Å²) in [6.45, 7) is 0. The smallest absolute Gasteiger partial charge is 0.186 e. The summed E-state index contributed by atoms with van der Waals surface area (Å²) in [5.74, 6) is -0.244. The Morgan fingerprint density at radius 3 is 2.71 bits per heavy atom. The summed E-state index contributed by atoms with van der Waals surface area (Å²) in [5, 5.41) is 2.36. The van der Waals surface area contributed by atoms with Crippen molar-refractivity contribution in [3.63, 3.8) is 0 Å². The lowest BCUT2D eigenvalue weighted by Gasteiger charge is -2.18. The molecule has 0 amide bonds. The van der Waals surface area contributed by atoms with E-state index in [-0.39, 0.29) is 11.6 Å². The first-order chi connectivity index (χ1) is 10.2. The molecule has 0 atom stereocenters. The SMILES string of the molecule is O=C1C=CC(=O)C(c2ccc3cccc4c3c2C=CC4)=C1. The fourth-order valence-corrected chi connectivity index (χ4v) is 3.09. The Morgan fingerprint density at radius 1 is 0.905 bits per heavy atom. The number of ketones is 2. The maximum atomic E-state index is 12.1. The zero-order chi connectivity index (χ0) is 14.4. The third-order valence-corrected chi connectivity index (χ3v) is 4.04. The number of allylic oxidation sites excluding steroid dienone is 5. The van der Waals surface area contributed by atoms with Crippen LogP contribution in [0.4, 0.5) is 0 Å². The molecule has 0 fully saturated rings. The van der Waals surface area contributed by atoms with E-state index >= 15 is 0 Å². The van der Waals surface area contributed by atoms with Crippen LogP contribution in [0.1, 0.15) is 16.7 Å². The van der Waals surface area contributed by atoms with E-state index in [1.807, 2.05) is 12.1 Å². The standard InChI is InChI=1S/C19H12O2/c20-14-8-10-18(21)17(11-14)15-9-7-13-4-1-3-12-5-2-6-16(15)19(12)13/h1-4,6-11H,5H2. The van der Waals surface area contributed by atoms with Gasteiger partial charge >= 0.3 is 0 Å². The predicted octanol–water partition coefficient (Wildman–Crippen LogP) is 3.50. The van der Waals surface area contributed by atoms with Gasteiger partial charge in [0.1, 0.15) is 0 Å². The van der Waals surface area contributed by atoms with Crippen LogP contribution < -0.4 is 0 Å². The minimum Gasteiger partial charge on any atom is -0.290 e. The quantitative estimate of drug-likeness (QED) is 0.745. The summed E-state index contributed by atoms with van der Waals surface area (Å²) in [7, 11) is 0. The predicted molar refractivity (Wildman–Crippen MR) is 83.8 cm³/mol. The summed E-state index contributed by atoms with van der Waals surface area (Å²) >= 11 is 0. The van der Waals surface area contributed by atoms with Crippen LogP contribution in [-0.4, -0.2) is 11.6 Å². The zero-order valence-electron chi connectivity index (χ0n) is 11.3. The van der Waals surface area contributed by atoms with Gasteiger partial charge in [-0.1, -0.05) is 42.5 Å². The van der Waals surface area contributed by atoms with E-state index in [1.165, 1.54) is 34.6 Å². The molecule has 0 saturated carbocycles. The third kappa shape index (κ3) is 1.80. The van der Waals surface area contributed by atoms with E-state index in [1.54, 1.807) is 0 Å². The van der Waals surface area contributed by atoms with Gasteiger partial charge in [0, 0.05) is 5.57 Å². The van der Waals surface area contributed by atoms with Gasteiger partial charge in [-0.25, -0.2) is 0 Å². The molecule has 0 radical (unpaired) electrons. The zero-order valence-corrected chi connectivity index (χ0v) is 11.3. The molecule has 0 bridgehead atoms. The number of rotatable bonds is 1. The molecule has 2 aliphatic rings. The summed E-state index contributed by atoms with van der Waals surface area (Å²) < 4.78 is 0. The Labute approximate surface area is 122 Å². The molecule has 2 aliphatic carbocycles. The van der Waals surface area contributed by atoms with Crippen molar-refractivity contribution < 1.29 is 9.59 Å². The largest absolute Gasteiger partial charge is 0.290 e. The Kier molecular flexibility index (Phi) is 2.51. The second-order valence-corrected chi connectivity index (χ2v) is 5.31. The Morgan fingerprint density at radius 2 is 1.81 bits per heavy atom. The van der Waals surface area contributed by atoms with Crippen molar-refractivity contribution >= 4 is 34.0 Å². The molecule has 4 rings (SSSR count). The van der Waals surface area contributed by atoms with Gasteiger partial charge in [-0.3, -0.25) is 9.59 Å². The Bertz CT molecular complexity index is 895. The molecule has 0 unspecified atom stereocenters. The molecule has 100 valence electrons. The number of benzene rings is 2. The molecular weight excluding hydrogens is 260 g/mol. The fourth-order valence-electron chi connectivity index (χ4n) is 3.09. The van der Waals surface area contributed by atoms with Crippen LogP contribution in [-0.2, 0) is 16.0 Å². The van der Waals surface area contributed by atoms with E-state index in [0.29, 0.717) is 5.57 Å². The molecule has 2 heteroatoms. The van der Waals surface area contributed by atoms with Crippen molar-refractivity contribution in [2.45, 2.75) is 6.42 Å². The van der Waals surface area contributed by atoms with E-state index in [9.17, 15) is 9.59 Å². The van der Waals surface area contributed by atoms with E-state index in [2.05, 4.69) is 30.4 Å². The normalized spacial score (nSPS) is 16.5. The summed E-state index contributed by atoms with van der Waals surface area (Å²) in [5.41, 5.74) is 3.63. The van der Waals surface area contributed by atoms with E-state index in [0.717, 1.165) is 17.5 Å². The lowest BCUT2D eigenvalue weighted by Crippen LogP contribution is -2.08. The fraction of sp³-hybridized carbons (Fsp3) is 0.0526. The second kappa shape index (κ2) is 4.38. The van der Waals surface area contributed by atoms with E-state index < -0.39 is 0 Å². The van der Waals surface area contributed by atoms with Gasteiger partial charge in [0.05, 0.1) is 0 Å². The van der Waals surface area contributed by atoms with Crippen LogP contribution in [0, 0.1) is 0 Å². The maximum absolute atomic E-state index is 12.1. The van der Waals surface area contributed by atoms with Crippen LogP contribution in [0.5, 0.6) is 0 Å². The van der Waals surface area contributed by atoms with Crippen molar-refractivity contribution in [2.75, 3.05) is 0 Å². The van der Waals surface area contributed by atoms with Crippen LogP contribution in [0.2, 0.25) is 0 Å². The second-order valence-electron chi connectivity index (χ2n) is 5.31. The average Bonchev–Trinajstić information content (AvgIpc) is 2.51. The number of carbonyl (C=O) groups excluding carboxylic acids is 2. The lowest BCUT2D eigenvalue weighted by atomic mass is 9.85. The molecule has 0 aliphatic heterocycles. The van der Waals surface area contributed by atoms with Crippen LogP contribution in [0.3, 0.4) is 0 Å². The first-order valence-corrected chi connectivity index (χ1v) is 6.93. The number of hydrogen-bond donors (Lipinski definition) is 0. The molecule has 2 aromatic carbocycles. The Hall–Kier alpha value is -2.74. The van der Waals surface area contributed by atoms with E-state index in [4.69, 9.17) is 0 Å². The van der Waals surface area contributed by atoms with Gasteiger partial charge in [0.15, 0.2) is 11.6 Å². The molecule has 2 nitrogen and oxygen atoms in total. The highest BCUT2D eigenvalue weighted by molar-refractivity contribution is 6.34. The molecule has 21 heavy (non-hydrogen) atoms. The van der Waals surface area contributed by atoms with Gasteiger partial charge in [-0.05, 0) is 52.1 Å². The summed E-state index contributed by atoms with van der Waals surface area (Å²) in [6.07, 6.45) is 9.17. The highest BCUT2D eigenvalue weighted by atomic mass is 16.1. The minimum absolute atomic E-state index is 0.110. The van der Waals surface area contributed by atoms with Crippen LogP contribution in [0.25, 0.3) is 22.4 Å². The molecule has 0 N–H and O–H groups in total. The van der Waals surface area contributed by atoms with Crippen molar-refractivity contribution in [3.05, 3.63) is 71.3 Å². The number of carbonyl (C=O) groups is 2. The van der Waals surface area contributed by atoms with Crippen molar-refractivity contribution in [1.29, 1.82) is 0 Å². The van der Waals surface area contributed by atoms with Crippen molar-refractivity contribution in [2.24, 2.45) is 0 Å². The molecule has 0 aromatic heterocycles. The van der Waals surface area contributed by atoms with Gasteiger partial charge in [-0.2, -0.15) is 0 Å². The lowest BCUT2D eigenvalue weighted by molar-refractivity contribution is -0.113. The van der Waals surface area contributed by atoms with Crippen molar-refractivity contribution in [3.8, 4) is 0 Å².